The molecule has 1 atom stereocenters. The monoisotopic (exact) mass is 268 g/mol. The minimum atomic E-state index is -0.873. The standard InChI is InChI=1S/C12H13ClN2O3/c1-12(11(17)18)4-5-15(7-12)10(16)9-3-2-8(13)6-14-9/h2-3,6H,4-5,7H2,1H3,(H,17,18)/t12-/m0/s1. The Morgan fingerprint density at radius 1 is 1.50 bits per heavy atom. The highest BCUT2D eigenvalue weighted by molar-refractivity contribution is 6.30. The summed E-state index contributed by atoms with van der Waals surface area (Å²) < 4.78 is 0. The number of nitrogens with zero attached hydrogens (tertiary/aromatic N) is 2. The van der Waals surface area contributed by atoms with Crippen molar-refractivity contribution in [1.82, 2.24) is 9.88 Å². The fourth-order valence-electron chi connectivity index (χ4n) is 1.97. The summed E-state index contributed by atoms with van der Waals surface area (Å²) in [5.74, 6) is -1.13. The van der Waals surface area contributed by atoms with Crippen LogP contribution in [0.2, 0.25) is 5.02 Å². The minimum absolute atomic E-state index is 0.214. The van der Waals surface area contributed by atoms with Crippen LogP contribution < -0.4 is 0 Å². The summed E-state index contributed by atoms with van der Waals surface area (Å²) in [6, 6.07) is 3.13. The predicted molar refractivity (Wildman–Crippen MR) is 65.5 cm³/mol. The number of rotatable bonds is 2. The fourth-order valence-corrected chi connectivity index (χ4v) is 2.09. The zero-order valence-electron chi connectivity index (χ0n) is 9.89. The molecule has 1 saturated heterocycles. The minimum Gasteiger partial charge on any atom is -0.481 e. The number of pyridine rings is 1. The smallest absolute Gasteiger partial charge is 0.311 e. The van der Waals surface area contributed by atoms with Crippen molar-refractivity contribution in [2.75, 3.05) is 13.1 Å². The number of likely N-dealkylation sites (tertiary alicyclic amines) is 1. The normalized spacial score (nSPS) is 23.1. The molecule has 2 rings (SSSR count). The van der Waals surface area contributed by atoms with Crippen molar-refractivity contribution in [3.05, 3.63) is 29.0 Å². The largest absolute Gasteiger partial charge is 0.481 e. The number of carbonyl (C=O) groups is 2. The summed E-state index contributed by atoms with van der Waals surface area (Å²) in [4.78, 5) is 28.7. The summed E-state index contributed by atoms with van der Waals surface area (Å²) in [5, 5.41) is 9.57. The third-order valence-corrected chi connectivity index (χ3v) is 3.45. The predicted octanol–water partition coefficient (Wildman–Crippen LogP) is 1.67. The van der Waals surface area contributed by atoms with E-state index in [2.05, 4.69) is 4.98 Å². The molecule has 6 heteroatoms. The maximum absolute atomic E-state index is 12.1. The van der Waals surface area contributed by atoms with E-state index in [1.54, 1.807) is 19.1 Å². The first-order valence-electron chi connectivity index (χ1n) is 5.57. The molecule has 1 aromatic rings. The Hall–Kier alpha value is -1.62. The second-order valence-corrected chi connectivity index (χ2v) is 5.14. The second-order valence-electron chi connectivity index (χ2n) is 4.70. The van der Waals surface area contributed by atoms with E-state index in [-0.39, 0.29) is 18.1 Å². The molecule has 96 valence electrons. The first-order chi connectivity index (χ1) is 8.42. The van der Waals surface area contributed by atoms with Crippen LogP contribution in [0.15, 0.2) is 18.3 Å². The number of carboxylic acid groups (broad SMARTS) is 1. The summed E-state index contributed by atoms with van der Waals surface area (Å²) in [6.07, 6.45) is 1.86. The molecule has 0 unspecified atom stereocenters. The molecule has 1 N–H and O–H groups in total. The third kappa shape index (κ3) is 2.31. The van der Waals surface area contributed by atoms with Crippen molar-refractivity contribution >= 4 is 23.5 Å². The van der Waals surface area contributed by atoms with E-state index in [1.165, 1.54) is 11.1 Å². The van der Waals surface area contributed by atoms with E-state index in [9.17, 15) is 9.59 Å². The average molecular weight is 269 g/mol. The molecule has 1 aromatic heterocycles. The highest BCUT2D eigenvalue weighted by Gasteiger charge is 2.42. The Morgan fingerprint density at radius 3 is 2.72 bits per heavy atom. The van der Waals surface area contributed by atoms with Crippen LogP contribution in [0, 0.1) is 5.41 Å². The SMILES string of the molecule is C[C@]1(C(=O)O)CCN(C(=O)c2ccc(Cl)cn2)C1. The molecule has 0 saturated carbocycles. The van der Waals surface area contributed by atoms with Gasteiger partial charge in [0.25, 0.3) is 5.91 Å². The molecule has 1 aliphatic rings. The molecule has 2 heterocycles. The van der Waals surface area contributed by atoms with Gasteiger partial charge in [-0.05, 0) is 25.5 Å². The van der Waals surface area contributed by atoms with E-state index in [1.807, 2.05) is 0 Å². The van der Waals surface area contributed by atoms with Gasteiger partial charge in [-0.25, -0.2) is 4.98 Å². The van der Waals surface area contributed by atoms with Gasteiger partial charge in [-0.15, -0.1) is 0 Å². The number of carboxylic acids is 1. The summed E-state index contributed by atoms with van der Waals surface area (Å²) in [7, 11) is 0. The zero-order valence-corrected chi connectivity index (χ0v) is 10.6. The molecule has 1 amide bonds. The third-order valence-electron chi connectivity index (χ3n) is 3.22. The van der Waals surface area contributed by atoms with Gasteiger partial charge < -0.3 is 10.0 Å². The highest BCUT2D eigenvalue weighted by atomic mass is 35.5. The van der Waals surface area contributed by atoms with Crippen LogP contribution in [0.5, 0.6) is 0 Å². The highest BCUT2D eigenvalue weighted by Crippen LogP contribution is 2.30. The average Bonchev–Trinajstić information content (AvgIpc) is 2.73. The molecule has 1 fully saturated rings. The Morgan fingerprint density at radius 2 is 2.22 bits per heavy atom. The maximum Gasteiger partial charge on any atom is 0.311 e. The lowest BCUT2D eigenvalue weighted by Crippen LogP contribution is -2.35. The van der Waals surface area contributed by atoms with E-state index >= 15 is 0 Å². The molecule has 0 aromatic carbocycles. The number of hydrogen-bond donors (Lipinski definition) is 1. The Kier molecular flexibility index (Phi) is 3.26. The fraction of sp³-hybridized carbons (Fsp3) is 0.417. The van der Waals surface area contributed by atoms with Crippen molar-refractivity contribution in [2.24, 2.45) is 5.41 Å². The van der Waals surface area contributed by atoms with Crippen LogP contribution >= 0.6 is 11.6 Å². The van der Waals surface area contributed by atoms with E-state index in [0.717, 1.165) is 0 Å². The molecule has 18 heavy (non-hydrogen) atoms. The van der Waals surface area contributed by atoms with Gasteiger partial charge >= 0.3 is 5.97 Å². The van der Waals surface area contributed by atoms with Crippen molar-refractivity contribution in [3.63, 3.8) is 0 Å². The zero-order chi connectivity index (χ0) is 13.3. The first-order valence-corrected chi connectivity index (χ1v) is 5.94. The van der Waals surface area contributed by atoms with Gasteiger partial charge in [0.15, 0.2) is 0 Å². The lowest BCUT2D eigenvalue weighted by atomic mass is 9.90. The second kappa shape index (κ2) is 4.57. The molecule has 5 nitrogen and oxygen atoms in total. The van der Waals surface area contributed by atoms with Crippen molar-refractivity contribution in [2.45, 2.75) is 13.3 Å². The van der Waals surface area contributed by atoms with Gasteiger partial charge in [-0.3, -0.25) is 9.59 Å². The van der Waals surface area contributed by atoms with Crippen LogP contribution in [0.3, 0.4) is 0 Å². The van der Waals surface area contributed by atoms with Crippen molar-refractivity contribution < 1.29 is 14.7 Å². The maximum atomic E-state index is 12.1. The number of amides is 1. The van der Waals surface area contributed by atoms with Crippen LogP contribution in [-0.4, -0.2) is 40.0 Å². The Labute approximate surface area is 109 Å². The number of aromatic nitrogens is 1. The molecule has 0 spiro atoms. The molecule has 0 radical (unpaired) electrons. The summed E-state index contributed by atoms with van der Waals surface area (Å²) in [6.45, 7) is 2.30. The lowest BCUT2D eigenvalue weighted by molar-refractivity contribution is -0.147. The van der Waals surface area contributed by atoms with Gasteiger partial charge in [0.05, 0.1) is 10.4 Å². The van der Waals surface area contributed by atoms with Gasteiger partial charge in [-0.1, -0.05) is 11.6 Å². The number of carbonyl (C=O) groups excluding carboxylic acids is 1. The quantitative estimate of drug-likeness (QED) is 0.886. The summed E-state index contributed by atoms with van der Waals surface area (Å²) in [5.41, 5.74) is -0.573. The topological polar surface area (TPSA) is 70.5 Å². The molecule has 0 aliphatic carbocycles. The Balaban J connectivity index is 2.12. The van der Waals surface area contributed by atoms with E-state index < -0.39 is 11.4 Å². The first kappa shape index (κ1) is 12.8. The molecular formula is C12H13ClN2O3. The molecule has 1 aliphatic heterocycles. The van der Waals surface area contributed by atoms with Gasteiger partial charge in [0, 0.05) is 19.3 Å². The molecule has 0 bridgehead atoms. The summed E-state index contributed by atoms with van der Waals surface area (Å²) >= 11 is 5.70. The van der Waals surface area contributed by atoms with Gasteiger partial charge in [0.1, 0.15) is 5.69 Å². The van der Waals surface area contributed by atoms with E-state index in [4.69, 9.17) is 16.7 Å². The van der Waals surface area contributed by atoms with Gasteiger partial charge in [0.2, 0.25) is 0 Å². The van der Waals surface area contributed by atoms with Crippen molar-refractivity contribution in [3.8, 4) is 0 Å². The number of hydrogen-bond acceptors (Lipinski definition) is 3. The van der Waals surface area contributed by atoms with Crippen LogP contribution in [0.1, 0.15) is 23.8 Å². The number of halogens is 1. The van der Waals surface area contributed by atoms with E-state index in [0.29, 0.717) is 18.0 Å². The van der Waals surface area contributed by atoms with Crippen LogP contribution in [0.25, 0.3) is 0 Å². The van der Waals surface area contributed by atoms with Crippen molar-refractivity contribution in [1.29, 1.82) is 0 Å². The molecular weight excluding hydrogens is 256 g/mol. The van der Waals surface area contributed by atoms with Crippen LogP contribution in [0.4, 0.5) is 0 Å². The van der Waals surface area contributed by atoms with Crippen LogP contribution in [-0.2, 0) is 4.79 Å². The van der Waals surface area contributed by atoms with Gasteiger partial charge in [-0.2, -0.15) is 0 Å². The number of aliphatic carboxylic acids is 1. The lowest BCUT2D eigenvalue weighted by Gasteiger charge is -2.19. The Bertz CT molecular complexity index is 489.